The molecule has 0 saturated carbocycles. The van der Waals surface area contributed by atoms with Gasteiger partial charge in [-0.05, 0) is 37.6 Å². The number of nitrogens with one attached hydrogen (secondary N) is 1. The largest absolute Gasteiger partial charge is 0.342 e. The highest BCUT2D eigenvalue weighted by Crippen LogP contribution is 2.27. The van der Waals surface area contributed by atoms with Gasteiger partial charge in [0.2, 0.25) is 0 Å². The van der Waals surface area contributed by atoms with Crippen molar-refractivity contribution >= 4 is 29.3 Å². The Morgan fingerprint density at radius 1 is 1.15 bits per heavy atom. The van der Waals surface area contributed by atoms with E-state index in [0.717, 1.165) is 28.1 Å². The summed E-state index contributed by atoms with van der Waals surface area (Å²) in [5, 5.41) is 13.2. The second kappa shape index (κ2) is 9.06. The zero-order valence-electron chi connectivity index (χ0n) is 15.2. The van der Waals surface area contributed by atoms with Crippen LogP contribution in [-0.4, -0.2) is 20.7 Å². The monoisotopic (exact) mass is 400 g/mol. The average Bonchev–Trinajstić information content (AvgIpc) is 3.11. The van der Waals surface area contributed by atoms with E-state index in [2.05, 4.69) is 15.5 Å². The highest BCUT2D eigenvalue weighted by molar-refractivity contribution is 7.98. The molecule has 0 bridgehead atoms. The van der Waals surface area contributed by atoms with Crippen LogP contribution >= 0.6 is 23.4 Å². The van der Waals surface area contributed by atoms with Gasteiger partial charge in [-0.3, -0.25) is 4.79 Å². The fourth-order valence-corrected chi connectivity index (χ4v) is 4.01. The molecular formula is C20H21ClN4OS. The summed E-state index contributed by atoms with van der Waals surface area (Å²) in [4.78, 5) is 12.4. The first kappa shape index (κ1) is 19.5. The molecule has 0 fully saturated rings. The van der Waals surface area contributed by atoms with Crippen molar-refractivity contribution < 1.29 is 4.79 Å². The number of aromatic nitrogens is 3. The molecule has 3 aromatic rings. The number of hydrogen-bond acceptors (Lipinski definition) is 4. The number of hydrogen-bond donors (Lipinski definition) is 1. The third-order valence-corrected chi connectivity index (χ3v) is 5.53. The Balaban J connectivity index is 1.71. The van der Waals surface area contributed by atoms with E-state index in [9.17, 15) is 4.79 Å². The predicted octanol–water partition coefficient (Wildman–Crippen LogP) is 4.73. The highest BCUT2D eigenvalue weighted by Gasteiger charge is 2.19. The minimum atomic E-state index is -0.250. The molecule has 0 radical (unpaired) electrons. The van der Waals surface area contributed by atoms with Gasteiger partial charge in [-0.25, -0.2) is 0 Å². The van der Waals surface area contributed by atoms with Crippen molar-refractivity contribution in [1.29, 1.82) is 0 Å². The molecule has 1 amide bonds. The van der Waals surface area contributed by atoms with E-state index < -0.39 is 0 Å². The molecule has 0 saturated heterocycles. The van der Waals surface area contributed by atoms with Crippen LogP contribution in [0.3, 0.4) is 0 Å². The van der Waals surface area contributed by atoms with Gasteiger partial charge in [0.05, 0.1) is 6.04 Å². The van der Waals surface area contributed by atoms with Crippen molar-refractivity contribution in [3.8, 4) is 0 Å². The van der Waals surface area contributed by atoms with Crippen molar-refractivity contribution in [2.24, 2.45) is 0 Å². The van der Waals surface area contributed by atoms with Crippen molar-refractivity contribution in [3.05, 3.63) is 76.6 Å². The maximum absolute atomic E-state index is 12.4. The molecule has 3 rings (SSSR count). The number of carbonyl (C=O) groups is 1. The van der Waals surface area contributed by atoms with Gasteiger partial charge in [0.1, 0.15) is 0 Å². The summed E-state index contributed by atoms with van der Waals surface area (Å²) in [6, 6.07) is 16.7. The van der Waals surface area contributed by atoms with E-state index in [-0.39, 0.29) is 11.9 Å². The summed E-state index contributed by atoms with van der Waals surface area (Å²) >= 11 is 7.82. The number of rotatable bonds is 7. The molecule has 7 heteroatoms. The Morgan fingerprint density at radius 3 is 2.56 bits per heavy atom. The van der Waals surface area contributed by atoms with Crippen molar-refractivity contribution in [3.63, 3.8) is 0 Å². The highest BCUT2D eigenvalue weighted by atomic mass is 35.5. The summed E-state index contributed by atoms with van der Waals surface area (Å²) < 4.78 is 2.03. The van der Waals surface area contributed by atoms with Crippen LogP contribution in [0.4, 0.5) is 0 Å². The van der Waals surface area contributed by atoms with Crippen LogP contribution in [0.15, 0.2) is 59.8 Å². The van der Waals surface area contributed by atoms with Gasteiger partial charge in [0.15, 0.2) is 11.0 Å². The van der Waals surface area contributed by atoms with E-state index in [1.54, 1.807) is 23.9 Å². The number of nitrogens with zero attached hydrogens (tertiary/aromatic N) is 3. The predicted molar refractivity (Wildman–Crippen MR) is 109 cm³/mol. The van der Waals surface area contributed by atoms with Crippen molar-refractivity contribution in [2.75, 3.05) is 0 Å². The van der Waals surface area contributed by atoms with Gasteiger partial charge in [-0.15, -0.1) is 10.2 Å². The Kier molecular flexibility index (Phi) is 6.53. The van der Waals surface area contributed by atoms with Crippen molar-refractivity contribution in [2.45, 2.75) is 37.3 Å². The standard InChI is InChI=1S/C20H21ClN4OS/c1-3-25-18(14(2)22-19(26)15-9-5-4-6-10-15)23-24-20(25)27-13-16-11-7-8-12-17(16)21/h4-12,14H,3,13H2,1-2H3,(H,22,26)/t14-/m1/s1. The van der Waals surface area contributed by atoms with E-state index in [4.69, 9.17) is 11.6 Å². The quantitative estimate of drug-likeness (QED) is 0.582. The van der Waals surface area contributed by atoms with E-state index in [0.29, 0.717) is 11.3 Å². The molecule has 1 N–H and O–H groups in total. The SMILES string of the molecule is CCn1c(SCc2ccccc2Cl)nnc1[C@@H](C)NC(=O)c1ccccc1. The summed E-state index contributed by atoms with van der Waals surface area (Å²) in [5.74, 6) is 1.32. The second-order valence-electron chi connectivity index (χ2n) is 6.03. The summed E-state index contributed by atoms with van der Waals surface area (Å²) in [5.41, 5.74) is 1.68. The molecule has 2 aromatic carbocycles. The lowest BCUT2D eigenvalue weighted by molar-refractivity contribution is 0.0937. The minimum Gasteiger partial charge on any atom is -0.342 e. The van der Waals surface area contributed by atoms with E-state index in [1.165, 1.54) is 0 Å². The number of carbonyl (C=O) groups excluding carboxylic acids is 1. The topological polar surface area (TPSA) is 59.8 Å². The Morgan fingerprint density at radius 2 is 1.85 bits per heavy atom. The van der Waals surface area contributed by atoms with Gasteiger partial charge < -0.3 is 9.88 Å². The fourth-order valence-electron chi connectivity index (χ4n) is 2.72. The Labute approximate surface area is 168 Å². The Bertz CT molecular complexity index is 913. The lowest BCUT2D eigenvalue weighted by Crippen LogP contribution is -2.28. The first-order chi connectivity index (χ1) is 13.1. The molecule has 0 unspecified atom stereocenters. The summed E-state index contributed by atoms with van der Waals surface area (Å²) in [6.45, 7) is 4.68. The molecule has 0 aliphatic carbocycles. The zero-order chi connectivity index (χ0) is 19.2. The number of amides is 1. The maximum Gasteiger partial charge on any atom is 0.251 e. The molecule has 1 atom stereocenters. The fraction of sp³-hybridized carbons (Fsp3) is 0.250. The average molecular weight is 401 g/mol. The van der Waals surface area contributed by atoms with Crippen LogP contribution in [0.5, 0.6) is 0 Å². The minimum absolute atomic E-state index is 0.126. The molecule has 27 heavy (non-hydrogen) atoms. The van der Waals surface area contributed by atoms with Gasteiger partial charge in [-0.2, -0.15) is 0 Å². The normalized spacial score (nSPS) is 12.0. The van der Waals surface area contributed by atoms with Crippen LogP contribution in [0.1, 0.15) is 41.6 Å². The van der Waals surface area contributed by atoms with Gasteiger partial charge in [-0.1, -0.05) is 59.8 Å². The molecular weight excluding hydrogens is 380 g/mol. The first-order valence-electron chi connectivity index (χ1n) is 8.75. The van der Waals surface area contributed by atoms with Crippen molar-refractivity contribution in [1.82, 2.24) is 20.1 Å². The summed E-state index contributed by atoms with van der Waals surface area (Å²) in [6.07, 6.45) is 0. The zero-order valence-corrected chi connectivity index (χ0v) is 16.8. The van der Waals surface area contributed by atoms with Gasteiger partial charge in [0.25, 0.3) is 5.91 Å². The molecule has 5 nitrogen and oxygen atoms in total. The van der Waals surface area contributed by atoms with E-state index >= 15 is 0 Å². The molecule has 0 aliphatic rings. The smallest absolute Gasteiger partial charge is 0.251 e. The van der Waals surface area contributed by atoms with E-state index in [1.807, 2.05) is 60.9 Å². The molecule has 140 valence electrons. The molecule has 0 spiro atoms. The maximum atomic E-state index is 12.4. The molecule has 0 aliphatic heterocycles. The van der Waals surface area contributed by atoms with Crippen LogP contribution in [0, 0.1) is 0 Å². The van der Waals surface area contributed by atoms with Gasteiger partial charge in [0, 0.05) is 22.9 Å². The number of benzene rings is 2. The van der Waals surface area contributed by atoms with Gasteiger partial charge >= 0.3 is 0 Å². The first-order valence-corrected chi connectivity index (χ1v) is 10.1. The molecule has 1 aromatic heterocycles. The third kappa shape index (κ3) is 4.70. The number of thioether (sulfide) groups is 1. The van der Waals surface area contributed by atoms with Crippen LogP contribution in [0.2, 0.25) is 5.02 Å². The Hall–Kier alpha value is -2.31. The lowest BCUT2D eigenvalue weighted by Gasteiger charge is -2.15. The third-order valence-electron chi connectivity index (χ3n) is 4.15. The summed E-state index contributed by atoms with van der Waals surface area (Å²) in [7, 11) is 0. The number of halogens is 1. The van der Waals surface area contributed by atoms with Crippen LogP contribution in [-0.2, 0) is 12.3 Å². The second-order valence-corrected chi connectivity index (χ2v) is 7.38. The molecule has 1 heterocycles. The van der Waals surface area contributed by atoms with Crippen LogP contribution < -0.4 is 5.32 Å². The van der Waals surface area contributed by atoms with Crippen LogP contribution in [0.25, 0.3) is 0 Å². The lowest BCUT2D eigenvalue weighted by atomic mass is 10.2.